The summed E-state index contributed by atoms with van der Waals surface area (Å²) in [5, 5.41) is 11.6. The van der Waals surface area contributed by atoms with Gasteiger partial charge in [-0.3, -0.25) is 14.6 Å². The number of hydrogen-bond acceptors (Lipinski definition) is 4. The van der Waals surface area contributed by atoms with Gasteiger partial charge in [-0.2, -0.15) is 0 Å². The number of carbonyl (C=O) groups is 3. The van der Waals surface area contributed by atoms with E-state index in [4.69, 9.17) is 5.73 Å². The molecule has 0 fully saturated rings. The summed E-state index contributed by atoms with van der Waals surface area (Å²) in [5.41, 5.74) is 6.18. The van der Waals surface area contributed by atoms with Crippen molar-refractivity contribution in [3.63, 3.8) is 0 Å². The van der Waals surface area contributed by atoms with Crippen molar-refractivity contribution < 1.29 is 23.9 Å². The van der Waals surface area contributed by atoms with Gasteiger partial charge in [-0.15, -0.1) is 0 Å². The van der Waals surface area contributed by atoms with Crippen LogP contribution in [0.3, 0.4) is 0 Å². The average Bonchev–Trinajstić information content (AvgIpc) is 2.53. The molecule has 0 bridgehead atoms. The Labute approximate surface area is 142 Å². The molecule has 25 heavy (non-hydrogen) atoms. The predicted molar refractivity (Wildman–Crippen MR) is 86.5 cm³/mol. The van der Waals surface area contributed by atoms with E-state index in [-0.39, 0.29) is 17.7 Å². The van der Waals surface area contributed by atoms with Gasteiger partial charge >= 0.3 is 5.97 Å². The van der Waals surface area contributed by atoms with E-state index in [1.54, 1.807) is 13.0 Å². The fraction of sp³-hybridized carbons (Fsp3) is 0.176. The van der Waals surface area contributed by atoms with Crippen molar-refractivity contribution in [2.45, 2.75) is 19.4 Å². The lowest BCUT2D eigenvalue weighted by Gasteiger charge is -2.15. The Morgan fingerprint density at radius 1 is 1.32 bits per heavy atom. The summed E-state index contributed by atoms with van der Waals surface area (Å²) in [6.45, 7) is 1.58. The molecule has 0 spiro atoms. The van der Waals surface area contributed by atoms with Gasteiger partial charge in [0.15, 0.2) is 0 Å². The molecule has 1 heterocycles. The van der Waals surface area contributed by atoms with Gasteiger partial charge < -0.3 is 16.2 Å². The van der Waals surface area contributed by atoms with E-state index in [1.165, 1.54) is 24.3 Å². The molecule has 2 rings (SSSR count). The highest BCUT2D eigenvalue weighted by Crippen LogP contribution is 2.10. The van der Waals surface area contributed by atoms with Gasteiger partial charge in [-0.05, 0) is 36.2 Å². The quantitative estimate of drug-likeness (QED) is 0.722. The Morgan fingerprint density at radius 3 is 2.60 bits per heavy atom. The fourth-order valence-electron chi connectivity index (χ4n) is 2.27. The van der Waals surface area contributed by atoms with Crippen LogP contribution in [0.2, 0.25) is 0 Å². The minimum absolute atomic E-state index is 0.0482. The number of aryl methyl sites for hydroxylation is 1. The van der Waals surface area contributed by atoms with Crippen LogP contribution in [-0.2, 0) is 11.2 Å². The number of halogens is 1. The van der Waals surface area contributed by atoms with Crippen LogP contribution >= 0.6 is 0 Å². The molecule has 1 aromatic carbocycles. The molecule has 1 atom stereocenters. The second kappa shape index (κ2) is 7.52. The molecule has 2 aromatic rings. The molecule has 0 saturated carbocycles. The van der Waals surface area contributed by atoms with Gasteiger partial charge in [0.1, 0.15) is 17.6 Å². The molecular formula is C17H16FN3O4. The van der Waals surface area contributed by atoms with Crippen molar-refractivity contribution in [1.29, 1.82) is 0 Å². The SMILES string of the molecule is Cc1cc(C(=O)N[C@H](Cc2cccc(F)c2)C(=O)O)ncc1C(N)=O. The van der Waals surface area contributed by atoms with Gasteiger partial charge in [-0.25, -0.2) is 9.18 Å². The molecule has 4 N–H and O–H groups in total. The summed E-state index contributed by atoms with van der Waals surface area (Å²) in [6.07, 6.45) is 1.08. The molecule has 8 heteroatoms. The van der Waals surface area contributed by atoms with Crippen LogP contribution in [0, 0.1) is 12.7 Å². The third-order valence-electron chi connectivity index (χ3n) is 3.54. The lowest BCUT2D eigenvalue weighted by atomic mass is 10.1. The summed E-state index contributed by atoms with van der Waals surface area (Å²) in [6, 6.07) is 5.55. The maximum atomic E-state index is 13.2. The van der Waals surface area contributed by atoms with Gasteiger partial charge in [0.05, 0.1) is 5.56 Å². The highest BCUT2D eigenvalue weighted by Gasteiger charge is 2.22. The first-order chi connectivity index (χ1) is 11.8. The van der Waals surface area contributed by atoms with Crippen LogP contribution in [0.15, 0.2) is 36.5 Å². The third kappa shape index (κ3) is 4.60. The van der Waals surface area contributed by atoms with Gasteiger partial charge in [0.25, 0.3) is 11.8 Å². The van der Waals surface area contributed by atoms with Crippen molar-refractivity contribution in [1.82, 2.24) is 10.3 Å². The zero-order valence-corrected chi connectivity index (χ0v) is 13.3. The van der Waals surface area contributed by atoms with E-state index in [1.807, 2.05) is 0 Å². The maximum absolute atomic E-state index is 13.2. The summed E-state index contributed by atoms with van der Waals surface area (Å²) < 4.78 is 13.2. The number of aromatic nitrogens is 1. The van der Waals surface area contributed by atoms with Crippen LogP contribution in [0.5, 0.6) is 0 Å². The normalized spacial score (nSPS) is 11.6. The third-order valence-corrected chi connectivity index (χ3v) is 3.54. The number of carboxylic acid groups (broad SMARTS) is 1. The summed E-state index contributed by atoms with van der Waals surface area (Å²) >= 11 is 0. The number of carboxylic acids is 1. The number of aliphatic carboxylic acids is 1. The number of benzene rings is 1. The monoisotopic (exact) mass is 345 g/mol. The number of primary amides is 1. The number of pyridine rings is 1. The summed E-state index contributed by atoms with van der Waals surface area (Å²) in [7, 11) is 0. The number of nitrogens with two attached hydrogens (primary N) is 1. The molecule has 7 nitrogen and oxygen atoms in total. The van der Waals surface area contributed by atoms with Crippen LogP contribution in [0.4, 0.5) is 4.39 Å². The molecule has 0 saturated heterocycles. The minimum atomic E-state index is -1.26. The Hall–Kier alpha value is -3.29. The number of nitrogens with one attached hydrogen (secondary N) is 1. The van der Waals surface area contributed by atoms with Crippen molar-refractivity contribution in [3.05, 3.63) is 64.7 Å². The Bertz CT molecular complexity index is 838. The van der Waals surface area contributed by atoms with E-state index >= 15 is 0 Å². The smallest absolute Gasteiger partial charge is 0.326 e. The number of hydrogen-bond donors (Lipinski definition) is 3. The molecule has 0 aliphatic rings. The van der Waals surface area contributed by atoms with Crippen molar-refractivity contribution in [2.24, 2.45) is 5.73 Å². The minimum Gasteiger partial charge on any atom is -0.480 e. The Kier molecular flexibility index (Phi) is 5.43. The molecule has 1 aromatic heterocycles. The molecule has 0 aliphatic carbocycles. The summed E-state index contributed by atoms with van der Waals surface area (Å²) in [5.74, 6) is -3.15. The topological polar surface area (TPSA) is 122 Å². The molecule has 2 amide bonds. The number of rotatable bonds is 6. The fourth-order valence-corrected chi connectivity index (χ4v) is 2.27. The van der Waals surface area contributed by atoms with Gasteiger partial charge in [0, 0.05) is 12.6 Å². The van der Waals surface area contributed by atoms with Crippen molar-refractivity contribution in [2.75, 3.05) is 0 Å². The van der Waals surface area contributed by atoms with Crippen LogP contribution < -0.4 is 11.1 Å². The van der Waals surface area contributed by atoms with Crippen molar-refractivity contribution >= 4 is 17.8 Å². The first kappa shape index (κ1) is 18.1. The van der Waals surface area contributed by atoms with Gasteiger partial charge in [0.2, 0.25) is 0 Å². The number of amides is 2. The van der Waals surface area contributed by atoms with E-state index < -0.39 is 29.6 Å². The Balaban J connectivity index is 2.16. The second-order valence-electron chi connectivity index (χ2n) is 5.45. The average molecular weight is 345 g/mol. The van der Waals surface area contributed by atoms with E-state index in [9.17, 15) is 23.9 Å². The molecule has 0 unspecified atom stereocenters. The van der Waals surface area contributed by atoms with Crippen molar-refractivity contribution in [3.8, 4) is 0 Å². The first-order valence-electron chi connectivity index (χ1n) is 7.32. The first-order valence-corrected chi connectivity index (χ1v) is 7.32. The molecular weight excluding hydrogens is 329 g/mol. The van der Waals surface area contributed by atoms with Crippen LogP contribution in [0.1, 0.15) is 32.0 Å². The van der Waals surface area contributed by atoms with E-state index in [0.717, 1.165) is 6.20 Å². The largest absolute Gasteiger partial charge is 0.480 e. The zero-order chi connectivity index (χ0) is 18.6. The van der Waals surface area contributed by atoms with Crippen LogP contribution in [-0.4, -0.2) is 33.9 Å². The molecule has 0 aliphatic heterocycles. The molecule has 0 radical (unpaired) electrons. The predicted octanol–water partition coefficient (Wildman–Crippen LogP) is 1.05. The number of nitrogens with zero attached hydrogens (tertiary/aromatic N) is 1. The Morgan fingerprint density at radius 2 is 2.04 bits per heavy atom. The highest BCUT2D eigenvalue weighted by molar-refractivity contribution is 5.97. The zero-order valence-electron chi connectivity index (χ0n) is 13.3. The van der Waals surface area contributed by atoms with E-state index in [2.05, 4.69) is 10.3 Å². The molecule has 130 valence electrons. The maximum Gasteiger partial charge on any atom is 0.326 e. The highest BCUT2D eigenvalue weighted by atomic mass is 19.1. The second-order valence-corrected chi connectivity index (χ2v) is 5.45. The van der Waals surface area contributed by atoms with Gasteiger partial charge in [-0.1, -0.05) is 12.1 Å². The standard InChI is InChI=1S/C17H16FN3O4/c1-9-5-13(20-8-12(9)15(19)22)16(23)21-14(17(24)25)7-10-3-2-4-11(18)6-10/h2-6,8,14H,7H2,1H3,(H2,19,22)(H,21,23)(H,24,25)/t14-/m1/s1. The number of carbonyl (C=O) groups excluding carboxylic acids is 2. The van der Waals surface area contributed by atoms with Crippen LogP contribution in [0.25, 0.3) is 0 Å². The lowest BCUT2D eigenvalue weighted by Crippen LogP contribution is -2.42. The van der Waals surface area contributed by atoms with E-state index in [0.29, 0.717) is 11.1 Å². The lowest BCUT2D eigenvalue weighted by molar-refractivity contribution is -0.139. The summed E-state index contributed by atoms with van der Waals surface area (Å²) in [4.78, 5) is 38.6.